The molecule has 0 unspecified atom stereocenters. The summed E-state index contributed by atoms with van der Waals surface area (Å²) < 4.78 is 0. The Morgan fingerprint density at radius 1 is 1.47 bits per heavy atom. The number of carbonyl (C=O) groups excluding carboxylic acids is 1. The van der Waals surface area contributed by atoms with Gasteiger partial charge in [-0.1, -0.05) is 11.6 Å². The fourth-order valence-corrected chi connectivity index (χ4v) is 1.56. The molecule has 1 amide bonds. The minimum absolute atomic E-state index is 0.191. The molecule has 2 rings (SSSR count). The van der Waals surface area contributed by atoms with Crippen LogP contribution in [0.4, 0.5) is 0 Å². The van der Waals surface area contributed by atoms with Crippen LogP contribution in [0.5, 0.6) is 0 Å². The van der Waals surface area contributed by atoms with E-state index in [9.17, 15) is 4.79 Å². The topological polar surface area (TPSA) is 61.9 Å². The van der Waals surface area contributed by atoms with E-state index in [1.54, 1.807) is 31.6 Å². The number of imidazole rings is 1. The summed E-state index contributed by atoms with van der Waals surface area (Å²) >= 11 is 5.81. The number of nitrogens with one attached hydrogen (secondary N) is 1. The Morgan fingerprint density at radius 2 is 2.29 bits per heavy atom. The number of halogens is 1. The van der Waals surface area contributed by atoms with Gasteiger partial charge in [-0.3, -0.25) is 9.78 Å². The number of H-pyrrole nitrogens is 1. The summed E-state index contributed by atoms with van der Waals surface area (Å²) in [5.74, 6) is 0.534. The molecule has 1 N–H and O–H groups in total. The van der Waals surface area contributed by atoms with Crippen LogP contribution >= 0.6 is 11.6 Å². The van der Waals surface area contributed by atoms with Crippen LogP contribution in [0.3, 0.4) is 0 Å². The third-order valence-electron chi connectivity index (χ3n) is 2.23. The largest absolute Gasteiger partial charge is 0.347 e. The zero-order chi connectivity index (χ0) is 12.3. The highest BCUT2D eigenvalue weighted by Crippen LogP contribution is 2.10. The van der Waals surface area contributed by atoms with Gasteiger partial charge in [0.1, 0.15) is 11.5 Å². The highest BCUT2D eigenvalue weighted by atomic mass is 35.5. The van der Waals surface area contributed by atoms with Gasteiger partial charge in [0.25, 0.3) is 5.91 Å². The number of pyridine rings is 1. The maximum absolute atomic E-state index is 12.0. The molecule has 2 heterocycles. The molecule has 0 aliphatic heterocycles. The van der Waals surface area contributed by atoms with E-state index in [2.05, 4.69) is 15.0 Å². The van der Waals surface area contributed by atoms with E-state index in [1.165, 1.54) is 11.1 Å². The standard InChI is InChI=1S/C11H11ClN4O/c1-16(7-10-14-4-5-15-10)11(17)9-6-8(12)2-3-13-9/h2-6H,7H2,1H3,(H,14,15). The fraction of sp³-hybridized carbons (Fsp3) is 0.182. The van der Waals surface area contributed by atoms with Gasteiger partial charge in [-0.05, 0) is 12.1 Å². The first-order chi connectivity index (χ1) is 8.16. The molecule has 88 valence electrons. The monoisotopic (exact) mass is 250 g/mol. The number of aromatic nitrogens is 3. The first-order valence-electron chi connectivity index (χ1n) is 5.02. The van der Waals surface area contributed by atoms with Gasteiger partial charge in [0.15, 0.2) is 0 Å². The number of carbonyl (C=O) groups is 1. The van der Waals surface area contributed by atoms with Crippen LogP contribution in [0.15, 0.2) is 30.7 Å². The molecular formula is C11H11ClN4O. The second-order valence-corrected chi connectivity index (χ2v) is 3.99. The maximum atomic E-state index is 12.0. The van der Waals surface area contributed by atoms with Crippen LogP contribution in [0.25, 0.3) is 0 Å². The molecule has 2 aromatic heterocycles. The van der Waals surface area contributed by atoms with Crippen molar-refractivity contribution in [1.29, 1.82) is 0 Å². The van der Waals surface area contributed by atoms with Crippen molar-refractivity contribution < 1.29 is 4.79 Å². The van der Waals surface area contributed by atoms with E-state index in [4.69, 9.17) is 11.6 Å². The van der Waals surface area contributed by atoms with Crippen LogP contribution in [-0.2, 0) is 6.54 Å². The molecule has 0 aliphatic rings. The van der Waals surface area contributed by atoms with Crippen LogP contribution in [0, 0.1) is 0 Å². The molecule has 0 spiro atoms. The number of hydrogen-bond acceptors (Lipinski definition) is 3. The highest BCUT2D eigenvalue weighted by molar-refractivity contribution is 6.30. The molecule has 0 aromatic carbocycles. The summed E-state index contributed by atoms with van der Waals surface area (Å²) in [6, 6.07) is 3.17. The molecule has 0 aliphatic carbocycles. The molecule has 0 saturated heterocycles. The smallest absolute Gasteiger partial charge is 0.272 e. The second-order valence-electron chi connectivity index (χ2n) is 3.56. The molecule has 0 bridgehead atoms. The Morgan fingerprint density at radius 3 is 2.94 bits per heavy atom. The molecule has 0 atom stereocenters. The van der Waals surface area contributed by atoms with Crippen molar-refractivity contribution in [2.24, 2.45) is 0 Å². The maximum Gasteiger partial charge on any atom is 0.272 e. The van der Waals surface area contributed by atoms with Gasteiger partial charge in [0.05, 0.1) is 6.54 Å². The van der Waals surface area contributed by atoms with E-state index in [0.717, 1.165) is 5.82 Å². The molecule has 0 saturated carbocycles. The third-order valence-corrected chi connectivity index (χ3v) is 2.46. The molecule has 6 heteroatoms. The van der Waals surface area contributed by atoms with E-state index >= 15 is 0 Å². The van der Waals surface area contributed by atoms with E-state index < -0.39 is 0 Å². The lowest BCUT2D eigenvalue weighted by atomic mass is 10.3. The minimum Gasteiger partial charge on any atom is -0.347 e. The van der Waals surface area contributed by atoms with Crippen LogP contribution < -0.4 is 0 Å². The molecular weight excluding hydrogens is 240 g/mol. The van der Waals surface area contributed by atoms with Crippen LogP contribution in [0.1, 0.15) is 16.3 Å². The number of rotatable bonds is 3. The van der Waals surface area contributed by atoms with Gasteiger partial charge in [0, 0.05) is 30.7 Å². The van der Waals surface area contributed by atoms with Crippen molar-refractivity contribution in [3.8, 4) is 0 Å². The van der Waals surface area contributed by atoms with Crippen molar-refractivity contribution in [1.82, 2.24) is 19.9 Å². The lowest BCUT2D eigenvalue weighted by Gasteiger charge is -2.15. The first kappa shape index (κ1) is 11.6. The van der Waals surface area contributed by atoms with Gasteiger partial charge in [-0.15, -0.1) is 0 Å². The highest BCUT2D eigenvalue weighted by Gasteiger charge is 2.14. The summed E-state index contributed by atoms with van der Waals surface area (Å²) in [7, 11) is 1.69. The SMILES string of the molecule is CN(Cc1ncc[nH]1)C(=O)c1cc(Cl)ccn1. The van der Waals surface area contributed by atoms with Gasteiger partial charge in [0.2, 0.25) is 0 Å². The Hall–Kier alpha value is -1.88. The second kappa shape index (κ2) is 4.97. The van der Waals surface area contributed by atoms with Crippen molar-refractivity contribution in [3.63, 3.8) is 0 Å². The van der Waals surface area contributed by atoms with Gasteiger partial charge < -0.3 is 9.88 Å². The Balaban J connectivity index is 2.09. The summed E-state index contributed by atoms with van der Waals surface area (Å²) in [6.07, 6.45) is 4.87. The van der Waals surface area contributed by atoms with Crippen molar-refractivity contribution in [3.05, 3.63) is 47.3 Å². The van der Waals surface area contributed by atoms with Gasteiger partial charge in [-0.2, -0.15) is 0 Å². The molecule has 0 radical (unpaired) electrons. The zero-order valence-electron chi connectivity index (χ0n) is 9.22. The quantitative estimate of drug-likeness (QED) is 0.902. The van der Waals surface area contributed by atoms with E-state index in [0.29, 0.717) is 17.3 Å². The molecule has 0 fully saturated rings. The first-order valence-corrected chi connectivity index (χ1v) is 5.40. The van der Waals surface area contributed by atoms with Crippen LogP contribution in [0.2, 0.25) is 5.02 Å². The number of amides is 1. The number of nitrogens with zero attached hydrogens (tertiary/aromatic N) is 3. The Kier molecular flexibility index (Phi) is 3.39. The summed E-state index contributed by atoms with van der Waals surface area (Å²) in [5.41, 5.74) is 0.326. The normalized spacial score (nSPS) is 10.2. The molecule has 5 nitrogen and oxygen atoms in total. The lowest BCUT2D eigenvalue weighted by molar-refractivity contribution is 0.0776. The van der Waals surface area contributed by atoms with Crippen molar-refractivity contribution in [2.45, 2.75) is 6.54 Å². The Labute approximate surface area is 103 Å². The zero-order valence-corrected chi connectivity index (χ0v) is 9.98. The minimum atomic E-state index is -0.191. The van der Waals surface area contributed by atoms with Crippen molar-refractivity contribution >= 4 is 17.5 Å². The van der Waals surface area contributed by atoms with Crippen molar-refractivity contribution in [2.75, 3.05) is 7.05 Å². The Bertz CT molecular complexity index is 512. The molecule has 17 heavy (non-hydrogen) atoms. The fourth-order valence-electron chi connectivity index (χ4n) is 1.40. The number of hydrogen-bond donors (Lipinski definition) is 1. The van der Waals surface area contributed by atoms with Gasteiger partial charge in [-0.25, -0.2) is 4.98 Å². The van der Waals surface area contributed by atoms with Gasteiger partial charge >= 0.3 is 0 Å². The average molecular weight is 251 g/mol. The summed E-state index contributed by atoms with van der Waals surface area (Å²) in [4.78, 5) is 24.5. The number of aromatic amines is 1. The average Bonchev–Trinajstić information content (AvgIpc) is 2.80. The van der Waals surface area contributed by atoms with E-state index in [1.807, 2.05) is 0 Å². The molecule has 2 aromatic rings. The summed E-state index contributed by atoms with van der Waals surface area (Å²) in [5, 5.41) is 0.495. The predicted octanol–water partition coefficient (Wildman–Crippen LogP) is 1.73. The van der Waals surface area contributed by atoms with Crippen LogP contribution in [-0.4, -0.2) is 32.8 Å². The van der Waals surface area contributed by atoms with E-state index in [-0.39, 0.29) is 5.91 Å². The third kappa shape index (κ3) is 2.82. The predicted molar refractivity (Wildman–Crippen MR) is 63.6 cm³/mol. The summed E-state index contributed by atoms with van der Waals surface area (Å²) in [6.45, 7) is 0.403. The lowest BCUT2D eigenvalue weighted by Crippen LogP contribution is -2.27.